The van der Waals surface area contributed by atoms with Crippen molar-refractivity contribution in [2.75, 3.05) is 0 Å². The van der Waals surface area contributed by atoms with Crippen LogP contribution in [-0.4, -0.2) is 30.3 Å². The van der Waals surface area contributed by atoms with Crippen LogP contribution >= 0.6 is 0 Å². The van der Waals surface area contributed by atoms with Crippen LogP contribution in [0, 0.1) is 0 Å². The largest absolute Gasteiger partial charge is 0.294 e. The summed E-state index contributed by atoms with van der Waals surface area (Å²) in [7, 11) is 0. The monoisotopic (exact) mass is 265 g/mol. The molecule has 0 saturated carbocycles. The first-order valence-corrected chi connectivity index (χ1v) is 6.51. The number of rotatable bonds is 1. The molecule has 3 heterocycles. The first-order chi connectivity index (χ1) is 9.81. The predicted octanol–water partition coefficient (Wildman–Crippen LogP) is 1.71. The van der Waals surface area contributed by atoms with E-state index >= 15 is 0 Å². The SMILES string of the molecule is O=C1CCCc2nc3nc(-c4ccncc4)nn3cc21. The van der Waals surface area contributed by atoms with Crippen LogP contribution in [0.3, 0.4) is 0 Å². The number of aryl methyl sites for hydroxylation is 1. The molecule has 0 atom stereocenters. The molecule has 1 aliphatic carbocycles. The van der Waals surface area contributed by atoms with Crippen LogP contribution in [0.25, 0.3) is 17.2 Å². The van der Waals surface area contributed by atoms with Crippen molar-refractivity contribution in [3.63, 3.8) is 0 Å². The third-order valence-electron chi connectivity index (χ3n) is 3.47. The maximum Gasteiger partial charge on any atom is 0.252 e. The van der Waals surface area contributed by atoms with E-state index in [9.17, 15) is 4.79 Å². The molecule has 0 fully saturated rings. The van der Waals surface area contributed by atoms with Crippen LogP contribution in [0.1, 0.15) is 28.9 Å². The van der Waals surface area contributed by atoms with Crippen molar-refractivity contribution in [1.82, 2.24) is 24.6 Å². The molecule has 0 aromatic carbocycles. The fourth-order valence-electron chi connectivity index (χ4n) is 2.45. The van der Waals surface area contributed by atoms with Crippen molar-refractivity contribution < 1.29 is 4.79 Å². The minimum absolute atomic E-state index is 0.140. The summed E-state index contributed by atoms with van der Waals surface area (Å²) in [6.45, 7) is 0. The summed E-state index contributed by atoms with van der Waals surface area (Å²) >= 11 is 0. The number of hydrogen-bond acceptors (Lipinski definition) is 5. The molecule has 0 bridgehead atoms. The normalized spacial score (nSPS) is 14.5. The number of aromatic nitrogens is 5. The Bertz CT molecular complexity index is 809. The van der Waals surface area contributed by atoms with Crippen LogP contribution in [0.4, 0.5) is 0 Å². The molecule has 0 radical (unpaired) electrons. The van der Waals surface area contributed by atoms with Gasteiger partial charge >= 0.3 is 0 Å². The number of carbonyl (C=O) groups is 1. The van der Waals surface area contributed by atoms with Gasteiger partial charge in [0.15, 0.2) is 11.6 Å². The van der Waals surface area contributed by atoms with Gasteiger partial charge in [-0.2, -0.15) is 4.98 Å². The molecule has 3 aromatic rings. The Kier molecular flexibility index (Phi) is 2.35. The van der Waals surface area contributed by atoms with E-state index in [1.807, 2.05) is 12.1 Å². The molecule has 0 spiro atoms. The van der Waals surface area contributed by atoms with E-state index in [4.69, 9.17) is 0 Å². The maximum absolute atomic E-state index is 11.9. The summed E-state index contributed by atoms with van der Waals surface area (Å²) in [5.41, 5.74) is 2.40. The van der Waals surface area contributed by atoms with Crippen LogP contribution in [0.5, 0.6) is 0 Å². The molecule has 0 N–H and O–H groups in total. The van der Waals surface area contributed by atoms with Crippen LogP contribution in [0.15, 0.2) is 30.7 Å². The van der Waals surface area contributed by atoms with Gasteiger partial charge in [-0.1, -0.05) is 0 Å². The Labute approximate surface area is 114 Å². The van der Waals surface area contributed by atoms with Gasteiger partial charge in [0.1, 0.15) is 0 Å². The molecule has 6 nitrogen and oxygen atoms in total. The lowest BCUT2D eigenvalue weighted by atomic mass is 9.96. The van der Waals surface area contributed by atoms with Gasteiger partial charge in [0.05, 0.1) is 11.3 Å². The van der Waals surface area contributed by atoms with E-state index in [1.54, 1.807) is 23.1 Å². The fraction of sp³-hybridized carbons (Fsp3) is 0.214. The average molecular weight is 265 g/mol. The van der Waals surface area contributed by atoms with E-state index in [-0.39, 0.29) is 5.78 Å². The molecular weight excluding hydrogens is 254 g/mol. The Morgan fingerprint density at radius 1 is 1.10 bits per heavy atom. The van der Waals surface area contributed by atoms with E-state index in [0.29, 0.717) is 23.6 Å². The highest BCUT2D eigenvalue weighted by Gasteiger charge is 2.20. The molecule has 0 unspecified atom stereocenters. The zero-order valence-corrected chi connectivity index (χ0v) is 10.7. The summed E-state index contributed by atoms with van der Waals surface area (Å²) in [6.07, 6.45) is 7.42. The first-order valence-electron chi connectivity index (χ1n) is 6.51. The lowest BCUT2D eigenvalue weighted by Gasteiger charge is -2.12. The molecule has 4 rings (SSSR count). The number of hydrogen-bond donors (Lipinski definition) is 0. The second-order valence-corrected chi connectivity index (χ2v) is 4.79. The second-order valence-electron chi connectivity index (χ2n) is 4.79. The van der Waals surface area contributed by atoms with Crippen molar-refractivity contribution >= 4 is 11.6 Å². The summed E-state index contributed by atoms with van der Waals surface area (Å²) in [5, 5.41) is 4.39. The van der Waals surface area contributed by atoms with Gasteiger partial charge < -0.3 is 0 Å². The molecule has 0 saturated heterocycles. The van der Waals surface area contributed by atoms with Gasteiger partial charge in [-0.3, -0.25) is 9.78 Å². The Morgan fingerprint density at radius 2 is 1.95 bits per heavy atom. The number of nitrogens with zero attached hydrogens (tertiary/aromatic N) is 5. The number of fused-ring (bicyclic) bond motifs is 2. The van der Waals surface area contributed by atoms with E-state index < -0.39 is 0 Å². The zero-order chi connectivity index (χ0) is 13.5. The van der Waals surface area contributed by atoms with Gasteiger partial charge in [0.25, 0.3) is 5.78 Å². The third kappa shape index (κ3) is 1.69. The molecular formula is C14H11N5O. The molecule has 6 heteroatoms. The Balaban J connectivity index is 1.90. The van der Waals surface area contributed by atoms with E-state index in [0.717, 1.165) is 24.1 Å². The van der Waals surface area contributed by atoms with Crippen LogP contribution in [-0.2, 0) is 6.42 Å². The topological polar surface area (TPSA) is 73.0 Å². The van der Waals surface area contributed by atoms with Crippen molar-refractivity contribution in [3.8, 4) is 11.4 Å². The van der Waals surface area contributed by atoms with Crippen molar-refractivity contribution in [3.05, 3.63) is 42.0 Å². The lowest BCUT2D eigenvalue weighted by Crippen LogP contribution is -2.14. The second kappa shape index (κ2) is 4.19. The molecule has 98 valence electrons. The van der Waals surface area contributed by atoms with Crippen LogP contribution in [0.2, 0.25) is 0 Å². The van der Waals surface area contributed by atoms with Gasteiger partial charge in [-0.05, 0) is 25.0 Å². The molecule has 1 aliphatic rings. The zero-order valence-electron chi connectivity index (χ0n) is 10.7. The summed E-state index contributed by atoms with van der Waals surface area (Å²) < 4.78 is 1.58. The van der Waals surface area contributed by atoms with Gasteiger partial charge in [0, 0.05) is 30.6 Å². The smallest absolute Gasteiger partial charge is 0.252 e. The van der Waals surface area contributed by atoms with Crippen molar-refractivity contribution in [1.29, 1.82) is 0 Å². The Hall–Kier alpha value is -2.63. The van der Waals surface area contributed by atoms with Crippen molar-refractivity contribution in [2.24, 2.45) is 0 Å². The average Bonchev–Trinajstić information content (AvgIpc) is 2.90. The summed E-state index contributed by atoms with van der Waals surface area (Å²) in [6, 6.07) is 3.69. The quantitative estimate of drug-likeness (QED) is 0.669. The third-order valence-corrected chi connectivity index (χ3v) is 3.47. The van der Waals surface area contributed by atoms with Gasteiger partial charge in [0.2, 0.25) is 0 Å². The van der Waals surface area contributed by atoms with Crippen LogP contribution < -0.4 is 0 Å². The molecule has 20 heavy (non-hydrogen) atoms. The molecule has 0 aliphatic heterocycles. The Morgan fingerprint density at radius 3 is 2.80 bits per heavy atom. The number of Topliss-reactive ketones (excluding diaryl/α,β-unsaturated/α-hetero) is 1. The minimum atomic E-state index is 0.140. The highest BCUT2D eigenvalue weighted by molar-refractivity contribution is 5.97. The van der Waals surface area contributed by atoms with Gasteiger partial charge in [-0.25, -0.2) is 9.50 Å². The highest BCUT2D eigenvalue weighted by Crippen LogP contribution is 2.21. The lowest BCUT2D eigenvalue weighted by molar-refractivity contribution is 0.0971. The standard InChI is InChI=1S/C14H11N5O/c20-12-3-1-2-11-10(12)8-19-14(16-11)17-13(18-19)9-4-6-15-7-5-9/h4-8H,1-3H2. The summed E-state index contributed by atoms with van der Waals surface area (Å²) in [4.78, 5) is 24.8. The number of pyridine rings is 1. The fourth-order valence-corrected chi connectivity index (χ4v) is 2.45. The molecule has 3 aromatic heterocycles. The minimum Gasteiger partial charge on any atom is -0.294 e. The van der Waals surface area contributed by atoms with E-state index in [1.165, 1.54) is 0 Å². The van der Waals surface area contributed by atoms with Gasteiger partial charge in [-0.15, -0.1) is 5.10 Å². The number of carbonyl (C=O) groups excluding carboxylic acids is 1. The highest BCUT2D eigenvalue weighted by atomic mass is 16.1. The summed E-state index contributed by atoms with van der Waals surface area (Å²) in [5.74, 6) is 1.27. The predicted molar refractivity (Wildman–Crippen MR) is 71.3 cm³/mol. The number of ketones is 1. The molecule has 0 amide bonds. The van der Waals surface area contributed by atoms with Crippen molar-refractivity contribution in [2.45, 2.75) is 19.3 Å². The van der Waals surface area contributed by atoms with E-state index in [2.05, 4.69) is 20.1 Å². The maximum atomic E-state index is 11.9. The first kappa shape index (κ1) is 11.2.